The lowest BCUT2D eigenvalue weighted by Crippen LogP contribution is -1.99. The Morgan fingerprint density at radius 3 is 2.85 bits per heavy atom. The Morgan fingerprint density at radius 2 is 2.00 bits per heavy atom. The van der Waals surface area contributed by atoms with E-state index >= 15 is 0 Å². The fourth-order valence-electron chi connectivity index (χ4n) is 2.07. The molecule has 2 N–H and O–H groups in total. The van der Waals surface area contributed by atoms with Crippen LogP contribution in [0.25, 0.3) is 10.9 Å². The van der Waals surface area contributed by atoms with Crippen molar-refractivity contribution in [2.24, 2.45) is 0 Å². The first-order valence-electron chi connectivity index (χ1n) is 6.24. The number of ether oxygens (including phenoxy) is 1. The van der Waals surface area contributed by atoms with Crippen LogP contribution in [0.4, 0.5) is 5.69 Å². The van der Waals surface area contributed by atoms with Crippen LogP contribution in [-0.4, -0.2) is 4.98 Å². The van der Waals surface area contributed by atoms with Crippen LogP contribution in [0.1, 0.15) is 5.56 Å². The van der Waals surface area contributed by atoms with Gasteiger partial charge >= 0.3 is 0 Å². The van der Waals surface area contributed by atoms with E-state index in [1.165, 1.54) is 0 Å². The molecule has 2 aromatic carbocycles. The van der Waals surface area contributed by atoms with Gasteiger partial charge in [0, 0.05) is 16.6 Å². The second kappa shape index (κ2) is 5.39. The molecule has 1 aromatic heterocycles. The molecule has 4 heteroatoms. The van der Waals surface area contributed by atoms with Gasteiger partial charge < -0.3 is 10.5 Å². The number of hydrogen-bond acceptors (Lipinski definition) is 3. The molecular weight excluding hydrogens is 272 g/mol. The molecule has 0 saturated heterocycles. The Kier molecular flexibility index (Phi) is 3.44. The average molecular weight is 285 g/mol. The van der Waals surface area contributed by atoms with Gasteiger partial charge in [0.2, 0.25) is 0 Å². The summed E-state index contributed by atoms with van der Waals surface area (Å²) < 4.78 is 5.77. The lowest BCUT2D eigenvalue weighted by atomic mass is 10.1. The van der Waals surface area contributed by atoms with Crippen molar-refractivity contribution in [3.8, 4) is 5.75 Å². The highest BCUT2D eigenvalue weighted by Gasteiger charge is 2.06. The number of benzene rings is 2. The number of fused-ring (bicyclic) bond motifs is 1. The number of anilines is 1. The molecule has 0 fully saturated rings. The minimum Gasteiger partial charge on any atom is -0.487 e. The normalized spacial score (nSPS) is 10.7. The van der Waals surface area contributed by atoms with Crippen molar-refractivity contribution in [2.75, 3.05) is 5.73 Å². The Bertz CT molecular complexity index is 758. The highest BCUT2D eigenvalue weighted by atomic mass is 35.5. The summed E-state index contributed by atoms with van der Waals surface area (Å²) in [7, 11) is 0. The van der Waals surface area contributed by atoms with Crippen LogP contribution in [0.3, 0.4) is 0 Å². The molecule has 0 saturated carbocycles. The van der Waals surface area contributed by atoms with E-state index in [-0.39, 0.29) is 0 Å². The average Bonchev–Trinajstić information content (AvgIpc) is 2.47. The van der Waals surface area contributed by atoms with E-state index in [4.69, 9.17) is 22.1 Å². The quantitative estimate of drug-likeness (QED) is 0.738. The summed E-state index contributed by atoms with van der Waals surface area (Å²) in [6.45, 7) is 0.427. The summed E-state index contributed by atoms with van der Waals surface area (Å²) in [6.07, 6.45) is 1.74. The maximum atomic E-state index is 6.12. The van der Waals surface area contributed by atoms with Crippen LogP contribution in [0.2, 0.25) is 5.02 Å². The molecule has 0 spiro atoms. The summed E-state index contributed by atoms with van der Waals surface area (Å²) in [5.74, 6) is 0.658. The third-order valence-corrected chi connectivity index (χ3v) is 3.31. The van der Waals surface area contributed by atoms with Gasteiger partial charge in [0.25, 0.3) is 0 Å². The maximum absolute atomic E-state index is 6.12. The first-order valence-corrected chi connectivity index (χ1v) is 6.62. The fourth-order valence-corrected chi connectivity index (χ4v) is 2.28. The van der Waals surface area contributed by atoms with Crippen molar-refractivity contribution in [3.63, 3.8) is 0 Å². The molecule has 100 valence electrons. The number of halogens is 1. The number of nitrogens with two attached hydrogens (primary N) is 1. The van der Waals surface area contributed by atoms with Crippen molar-refractivity contribution in [3.05, 3.63) is 65.3 Å². The lowest BCUT2D eigenvalue weighted by Gasteiger charge is -2.11. The van der Waals surface area contributed by atoms with E-state index in [0.29, 0.717) is 23.1 Å². The predicted molar refractivity (Wildman–Crippen MR) is 81.9 cm³/mol. The van der Waals surface area contributed by atoms with E-state index in [2.05, 4.69) is 4.98 Å². The highest BCUT2D eigenvalue weighted by Crippen LogP contribution is 2.30. The van der Waals surface area contributed by atoms with Crippen molar-refractivity contribution in [1.82, 2.24) is 4.98 Å². The number of nitrogen functional groups attached to an aromatic ring is 1. The topological polar surface area (TPSA) is 48.1 Å². The van der Waals surface area contributed by atoms with Gasteiger partial charge in [-0.3, -0.25) is 4.98 Å². The minimum absolute atomic E-state index is 0.427. The van der Waals surface area contributed by atoms with Gasteiger partial charge in [-0.15, -0.1) is 0 Å². The molecule has 3 aromatic rings. The molecule has 1 heterocycles. The number of pyridine rings is 1. The zero-order valence-electron chi connectivity index (χ0n) is 10.7. The van der Waals surface area contributed by atoms with Gasteiger partial charge in [0.05, 0.1) is 11.2 Å². The van der Waals surface area contributed by atoms with Crippen molar-refractivity contribution >= 4 is 28.2 Å². The molecule has 0 unspecified atom stereocenters. The van der Waals surface area contributed by atoms with Gasteiger partial charge in [0.15, 0.2) is 0 Å². The number of hydrogen-bond donors (Lipinski definition) is 1. The van der Waals surface area contributed by atoms with E-state index < -0.39 is 0 Å². The van der Waals surface area contributed by atoms with Crippen LogP contribution in [-0.2, 0) is 6.61 Å². The van der Waals surface area contributed by atoms with Gasteiger partial charge in [-0.1, -0.05) is 23.7 Å². The number of aromatic nitrogens is 1. The summed E-state index contributed by atoms with van der Waals surface area (Å²) >= 11 is 5.95. The third kappa shape index (κ3) is 2.53. The van der Waals surface area contributed by atoms with Gasteiger partial charge in [-0.25, -0.2) is 0 Å². The minimum atomic E-state index is 0.427. The summed E-state index contributed by atoms with van der Waals surface area (Å²) in [5, 5.41) is 1.60. The van der Waals surface area contributed by atoms with Crippen LogP contribution < -0.4 is 10.5 Å². The lowest BCUT2D eigenvalue weighted by molar-refractivity contribution is 0.308. The second-order valence-corrected chi connectivity index (χ2v) is 4.90. The van der Waals surface area contributed by atoms with Crippen LogP contribution >= 0.6 is 11.6 Å². The van der Waals surface area contributed by atoms with Gasteiger partial charge in [-0.2, -0.15) is 0 Å². The smallest absolute Gasteiger partial charge is 0.143 e. The van der Waals surface area contributed by atoms with Crippen molar-refractivity contribution < 1.29 is 4.74 Å². The van der Waals surface area contributed by atoms with Gasteiger partial charge in [-0.05, 0) is 42.0 Å². The van der Waals surface area contributed by atoms with E-state index in [1.54, 1.807) is 6.20 Å². The molecule has 3 rings (SSSR count). The van der Waals surface area contributed by atoms with E-state index in [1.807, 2.05) is 48.5 Å². The molecule has 3 nitrogen and oxygen atoms in total. The fraction of sp³-hybridized carbons (Fsp3) is 0.0625. The molecule has 0 radical (unpaired) electrons. The van der Waals surface area contributed by atoms with Gasteiger partial charge in [0.1, 0.15) is 12.4 Å². The summed E-state index contributed by atoms with van der Waals surface area (Å²) in [6, 6.07) is 15.1. The number of rotatable bonds is 3. The molecule has 0 atom stereocenters. The Labute approximate surface area is 122 Å². The van der Waals surface area contributed by atoms with E-state index in [9.17, 15) is 0 Å². The first-order chi connectivity index (χ1) is 9.74. The monoisotopic (exact) mass is 284 g/mol. The van der Waals surface area contributed by atoms with Crippen LogP contribution in [0.15, 0.2) is 54.7 Å². The number of nitrogens with zero attached hydrogens (tertiary/aromatic N) is 1. The third-order valence-electron chi connectivity index (χ3n) is 3.07. The van der Waals surface area contributed by atoms with Crippen LogP contribution in [0.5, 0.6) is 5.75 Å². The molecule has 0 aliphatic carbocycles. The van der Waals surface area contributed by atoms with E-state index in [0.717, 1.165) is 16.5 Å². The van der Waals surface area contributed by atoms with Crippen molar-refractivity contribution in [2.45, 2.75) is 6.61 Å². The largest absolute Gasteiger partial charge is 0.487 e. The second-order valence-electron chi connectivity index (χ2n) is 4.47. The molecule has 0 bridgehead atoms. The predicted octanol–water partition coefficient (Wildman–Crippen LogP) is 4.05. The standard InChI is InChI=1S/C16H13ClN2O/c17-12-4-1-3-11(9-12)10-20-15-7-6-14-13(16(15)18)5-2-8-19-14/h1-9H,10,18H2. The summed E-state index contributed by atoms with van der Waals surface area (Å²) in [4.78, 5) is 4.26. The molecule has 0 aliphatic rings. The zero-order valence-corrected chi connectivity index (χ0v) is 11.5. The molecule has 0 aliphatic heterocycles. The summed E-state index contributed by atoms with van der Waals surface area (Å²) in [5.41, 5.74) is 8.60. The Morgan fingerprint density at radius 1 is 1.10 bits per heavy atom. The molecule has 0 amide bonds. The highest BCUT2D eigenvalue weighted by molar-refractivity contribution is 6.30. The Hall–Kier alpha value is -2.26. The SMILES string of the molecule is Nc1c(OCc2cccc(Cl)c2)ccc2ncccc12. The molecular formula is C16H13ClN2O. The van der Waals surface area contributed by atoms with Crippen molar-refractivity contribution in [1.29, 1.82) is 0 Å². The van der Waals surface area contributed by atoms with Crippen LogP contribution in [0, 0.1) is 0 Å². The Balaban J connectivity index is 1.86. The molecule has 20 heavy (non-hydrogen) atoms. The first kappa shape index (κ1) is 12.8. The maximum Gasteiger partial charge on any atom is 0.143 e. The zero-order chi connectivity index (χ0) is 13.9.